The van der Waals surface area contributed by atoms with Crippen LogP contribution in [-0.2, 0) is 13.2 Å². The van der Waals surface area contributed by atoms with E-state index in [0.29, 0.717) is 32.1 Å². The van der Waals surface area contributed by atoms with Gasteiger partial charge in [0.05, 0.1) is 7.11 Å². The second-order valence-corrected chi connectivity index (χ2v) is 7.90. The molecule has 0 atom stereocenters. The molecule has 1 N–H and O–H groups in total. The Balaban J connectivity index is 1.54. The quantitative estimate of drug-likeness (QED) is 0.478. The fraction of sp³-hybridized carbons (Fsp3) is 0.250. The normalized spacial score (nSPS) is 12.4. The number of fused-ring (bicyclic) bond motifs is 1. The van der Waals surface area contributed by atoms with E-state index >= 15 is 0 Å². The van der Waals surface area contributed by atoms with Gasteiger partial charge in [-0.2, -0.15) is 0 Å². The third-order valence-electron chi connectivity index (χ3n) is 4.86. The van der Waals surface area contributed by atoms with Crippen LogP contribution in [0.1, 0.15) is 16.7 Å². The number of methoxy groups -OCH3 is 1. The molecule has 0 fully saturated rings. The van der Waals surface area contributed by atoms with Gasteiger partial charge in [0.15, 0.2) is 23.0 Å². The van der Waals surface area contributed by atoms with Crippen molar-refractivity contribution in [1.29, 1.82) is 0 Å². The first-order valence-electron chi connectivity index (χ1n) is 9.81. The molecule has 6 heteroatoms. The summed E-state index contributed by atoms with van der Waals surface area (Å²) in [6.45, 7) is 4.24. The van der Waals surface area contributed by atoms with Gasteiger partial charge in [0, 0.05) is 28.3 Å². The van der Waals surface area contributed by atoms with Crippen LogP contribution in [-0.4, -0.2) is 20.3 Å². The van der Waals surface area contributed by atoms with Crippen molar-refractivity contribution in [2.75, 3.05) is 25.6 Å². The smallest absolute Gasteiger partial charge is 0.167 e. The molecule has 156 valence electrons. The molecule has 3 aromatic rings. The van der Waals surface area contributed by atoms with Crippen LogP contribution in [0.15, 0.2) is 59.1 Å². The summed E-state index contributed by atoms with van der Waals surface area (Å²) in [7, 11) is 1.65. The van der Waals surface area contributed by atoms with E-state index < -0.39 is 0 Å². The number of anilines is 1. The molecule has 0 aromatic heterocycles. The van der Waals surface area contributed by atoms with Gasteiger partial charge in [0.1, 0.15) is 19.8 Å². The molecule has 0 saturated heterocycles. The van der Waals surface area contributed by atoms with Crippen molar-refractivity contribution in [3.05, 3.63) is 75.8 Å². The molecule has 1 aliphatic heterocycles. The van der Waals surface area contributed by atoms with E-state index in [4.69, 9.17) is 18.9 Å². The van der Waals surface area contributed by atoms with Gasteiger partial charge in [-0.1, -0.05) is 45.8 Å². The Morgan fingerprint density at radius 3 is 2.63 bits per heavy atom. The molecule has 0 aliphatic carbocycles. The second kappa shape index (κ2) is 9.30. The molecule has 0 saturated carbocycles. The molecule has 0 radical (unpaired) electrons. The highest BCUT2D eigenvalue weighted by Gasteiger charge is 2.16. The van der Waals surface area contributed by atoms with Crippen molar-refractivity contribution < 1.29 is 18.9 Å². The van der Waals surface area contributed by atoms with Crippen LogP contribution in [0.3, 0.4) is 0 Å². The number of ether oxygens (including phenoxy) is 4. The summed E-state index contributed by atoms with van der Waals surface area (Å²) < 4.78 is 24.0. The van der Waals surface area contributed by atoms with E-state index in [1.165, 1.54) is 5.56 Å². The highest BCUT2D eigenvalue weighted by molar-refractivity contribution is 9.10. The van der Waals surface area contributed by atoms with Crippen molar-refractivity contribution in [1.82, 2.24) is 0 Å². The fourth-order valence-electron chi connectivity index (χ4n) is 3.37. The largest absolute Gasteiger partial charge is 0.493 e. The second-order valence-electron chi connectivity index (χ2n) is 7.05. The van der Waals surface area contributed by atoms with E-state index in [-0.39, 0.29) is 0 Å². The Hall–Kier alpha value is -2.86. The van der Waals surface area contributed by atoms with Gasteiger partial charge in [-0.3, -0.25) is 0 Å². The summed E-state index contributed by atoms with van der Waals surface area (Å²) in [6.07, 6.45) is 0. The first kappa shape index (κ1) is 20.4. The predicted molar refractivity (Wildman–Crippen MR) is 121 cm³/mol. The lowest BCUT2D eigenvalue weighted by Crippen LogP contribution is -2.15. The van der Waals surface area contributed by atoms with Crippen LogP contribution >= 0.6 is 15.9 Å². The lowest BCUT2D eigenvalue weighted by molar-refractivity contribution is 0.171. The van der Waals surface area contributed by atoms with Gasteiger partial charge >= 0.3 is 0 Å². The maximum atomic E-state index is 6.22. The summed E-state index contributed by atoms with van der Waals surface area (Å²) >= 11 is 3.66. The molecule has 1 aliphatic rings. The zero-order valence-electron chi connectivity index (χ0n) is 17.0. The fourth-order valence-corrected chi connectivity index (χ4v) is 3.82. The maximum Gasteiger partial charge on any atom is 0.167 e. The third-order valence-corrected chi connectivity index (χ3v) is 5.61. The zero-order chi connectivity index (χ0) is 20.9. The lowest BCUT2D eigenvalue weighted by atomic mass is 10.1. The van der Waals surface area contributed by atoms with Crippen molar-refractivity contribution in [3.8, 4) is 23.0 Å². The SMILES string of the molecule is COc1ccc(Br)c(CNc2ccc3c(c2)OCCO3)c1OCc1cccc(C)c1. The molecule has 0 amide bonds. The first-order chi connectivity index (χ1) is 14.6. The molecule has 4 rings (SSSR count). The van der Waals surface area contributed by atoms with Crippen LogP contribution in [0, 0.1) is 6.92 Å². The first-order valence-corrected chi connectivity index (χ1v) is 10.6. The van der Waals surface area contributed by atoms with Gasteiger partial charge in [-0.25, -0.2) is 0 Å². The van der Waals surface area contributed by atoms with Crippen LogP contribution in [0.4, 0.5) is 5.69 Å². The average Bonchev–Trinajstić information content (AvgIpc) is 2.77. The summed E-state index contributed by atoms with van der Waals surface area (Å²) in [6, 6.07) is 18.0. The van der Waals surface area contributed by atoms with E-state index in [1.54, 1.807) is 7.11 Å². The Morgan fingerprint density at radius 2 is 1.83 bits per heavy atom. The van der Waals surface area contributed by atoms with E-state index in [2.05, 4.69) is 46.4 Å². The summed E-state index contributed by atoms with van der Waals surface area (Å²) in [4.78, 5) is 0. The molecule has 0 unspecified atom stereocenters. The van der Waals surface area contributed by atoms with E-state index in [9.17, 15) is 0 Å². The van der Waals surface area contributed by atoms with Crippen molar-refractivity contribution >= 4 is 21.6 Å². The standard InChI is InChI=1S/C24H24BrNO4/c1-16-4-3-5-17(12-16)15-30-24-19(20(25)7-9-22(24)27-2)14-26-18-6-8-21-23(13-18)29-11-10-28-21/h3-9,12-13,26H,10-11,14-15H2,1-2H3. The predicted octanol–water partition coefficient (Wildman–Crippen LogP) is 5.73. The minimum absolute atomic E-state index is 0.464. The van der Waals surface area contributed by atoms with E-state index in [0.717, 1.165) is 38.5 Å². The molecule has 3 aromatic carbocycles. The number of hydrogen-bond donors (Lipinski definition) is 1. The van der Waals surface area contributed by atoms with Gasteiger partial charge in [-0.05, 0) is 36.8 Å². The van der Waals surface area contributed by atoms with Gasteiger partial charge in [0.2, 0.25) is 0 Å². The third kappa shape index (κ3) is 4.65. The lowest BCUT2D eigenvalue weighted by Gasteiger charge is -2.20. The van der Waals surface area contributed by atoms with Gasteiger partial charge in [0.25, 0.3) is 0 Å². The molecule has 30 heavy (non-hydrogen) atoms. The summed E-state index contributed by atoms with van der Waals surface area (Å²) in [5, 5.41) is 3.45. The monoisotopic (exact) mass is 469 g/mol. The Kier molecular flexibility index (Phi) is 6.33. The average molecular weight is 470 g/mol. The number of aryl methyl sites for hydroxylation is 1. The molecular formula is C24H24BrNO4. The zero-order valence-corrected chi connectivity index (χ0v) is 18.6. The van der Waals surface area contributed by atoms with Crippen LogP contribution in [0.2, 0.25) is 0 Å². The number of rotatable bonds is 7. The van der Waals surface area contributed by atoms with E-state index in [1.807, 2.05) is 36.4 Å². The summed E-state index contributed by atoms with van der Waals surface area (Å²) in [5.74, 6) is 2.95. The topological polar surface area (TPSA) is 49.0 Å². The van der Waals surface area contributed by atoms with Crippen molar-refractivity contribution in [3.63, 3.8) is 0 Å². The highest BCUT2D eigenvalue weighted by atomic mass is 79.9. The Labute approximate surface area is 185 Å². The number of nitrogens with one attached hydrogen (secondary N) is 1. The van der Waals surface area contributed by atoms with Crippen molar-refractivity contribution in [2.45, 2.75) is 20.1 Å². The number of hydrogen-bond acceptors (Lipinski definition) is 5. The Morgan fingerprint density at radius 1 is 1.00 bits per heavy atom. The minimum atomic E-state index is 0.464. The Bertz CT molecular complexity index is 1040. The maximum absolute atomic E-state index is 6.22. The number of halogens is 1. The highest BCUT2D eigenvalue weighted by Crippen LogP contribution is 2.38. The molecule has 0 bridgehead atoms. The molecule has 0 spiro atoms. The number of benzene rings is 3. The van der Waals surface area contributed by atoms with Crippen molar-refractivity contribution in [2.24, 2.45) is 0 Å². The molecule has 1 heterocycles. The van der Waals surface area contributed by atoms with Gasteiger partial charge < -0.3 is 24.3 Å². The molecular weight excluding hydrogens is 446 g/mol. The minimum Gasteiger partial charge on any atom is -0.493 e. The summed E-state index contributed by atoms with van der Waals surface area (Å²) in [5.41, 5.74) is 4.25. The van der Waals surface area contributed by atoms with Gasteiger partial charge in [-0.15, -0.1) is 0 Å². The van der Waals surface area contributed by atoms with Crippen LogP contribution < -0.4 is 24.3 Å². The van der Waals surface area contributed by atoms with Crippen LogP contribution in [0.25, 0.3) is 0 Å². The molecule has 5 nitrogen and oxygen atoms in total. The van der Waals surface area contributed by atoms with Crippen LogP contribution in [0.5, 0.6) is 23.0 Å².